The van der Waals surface area contributed by atoms with E-state index in [1.54, 1.807) is 0 Å². The molecule has 0 atom stereocenters. The van der Waals surface area contributed by atoms with Gasteiger partial charge in [-0.15, -0.1) is 0 Å². The Kier molecular flexibility index (Phi) is 5.21. The van der Waals surface area contributed by atoms with Crippen LogP contribution in [0.2, 0.25) is 0 Å². The molecule has 2 nitrogen and oxygen atoms in total. The van der Waals surface area contributed by atoms with Crippen LogP contribution >= 0.6 is 0 Å². The van der Waals surface area contributed by atoms with Crippen molar-refractivity contribution in [1.82, 2.24) is 0 Å². The molecule has 0 unspecified atom stereocenters. The highest BCUT2D eigenvalue weighted by Gasteiger charge is 2.14. The molecule has 18 heavy (non-hydrogen) atoms. The van der Waals surface area contributed by atoms with Gasteiger partial charge in [-0.2, -0.15) is 0 Å². The zero-order chi connectivity index (χ0) is 13.8. The summed E-state index contributed by atoms with van der Waals surface area (Å²) < 4.78 is 5.87. The average molecular weight is 249 g/mol. The summed E-state index contributed by atoms with van der Waals surface area (Å²) in [6, 6.07) is 4.33. The molecule has 0 aromatic heterocycles. The van der Waals surface area contributed by atoms with Gasteiger partial charge >= 0.3 is 0 Å². The molecule has 1 aromatic rings. The molecular formula is C16H27NO. The maximum Gasteiger partial charge on any atom is 0.122 e. The molecule has 0 amide bonds. The highest BCUT2D eigenvalue weighted by atomic mass is 16.5. The van der Waals surface area contributed by atoms with Gasteiger partial charge in [0.05, 0.1) is 6.61 Å². The lowest BCUT2D eigenvalue weighted by Gasteiger charge is -2.22. The lowest BCUT2D eigenvalue weighted by molar-refractivity contribution is 0.260. The van der Waals surface area contributed by atoms with Crippen LogP contribution in [-0.2, 0) is 0 Å². The molecule has 102 valence electrons. The van der Waals surface area contributed by atoms with Crippen molar-refractivity contribution in [3.05, 3.63) is 28.8 Å². The third-order valence-electron chi connectivity index (χ3n) is 3.60. The maximum absolute atomic E-state index is 5.87. The Morgan fingerprint density at radius 3 is 2.28 bits per heavy atom. The van der Waals surface area contributed by atoms with Gasteiger partial charge in [0.2, 0.25) is 0 Å². The summed E-state index contributed by atoms with van der Waals surface area (Å²) >= 11 is 0. The highest BCUT2D eigenvalue weighted by molar-refractivity contribution is 5.40. The molecule has 0 saturated heterocycles. The van der Waals surface area contributed by atoms with E-state index in [0.717, 1.165) is 31.7 Å². The maximum atomic E-state index is 5.87. The first kappa shape index (κ1) is 15.0. The smallest absolute Gasteiger partial charge is 0.122 e. The average Bonchev–Trinajstić information content (AvgIpc) is 2.31. The fourth-order valence-electron chi connectivity index (χ4n) is 1.92. The van der Waals surface area contributed by atoms with Gasteiger partial charge in [0, 0.05) is 0 Å². The third kappa shape index (κ3) is 4.34. The van der Waals surface area contributed by atoms with E-state index in [9.17, 15) is 0 Å². The van der Waals surface area contributed by atoms with Gasteiger partial charge in [0.25, 0.3) is 0 Å². The van der Waals surface area contributed by atoms with Crippen molar-refractivity contribution in [2.75, 3.05) is 13.2 Å². The number of ether oxygens (including phenoxy) is 1. The van der Waals surface area contributed by atoms with E-state index >= 15 is 0 Å². The number of hydrogen-bond donors (Lipinski definition) is 1. The first-order chi connectivity index (χ1) is 8.35. The zero-order valence-corrected chi connectivity index (χ0v) is 12.5. The molecule has 0 aliphatic carbocycles. The second kappa shape index (κ2) is 6.24. The van der Waals surface area contributed by atoms with Gasteiger partial charge in [0.15, 0.2) is 0 Å². The zero-order valence-electron chi connectivity index (χ0n) is 12.5. The third-order valence-corrected chi connectivity index (χ3v) is 3.60. The Labute approximate surface area is 112 Å². The van der Waals surface area contributed by atoms with Crippen LogP contribution in [0.25, 0.3) is 0 Å². The van der Waals surface area contributed by atoms with Gasteiger partial charge in [-0.1, -0.05) is 19.9 Å². The molecule has 0 spiro atoms. The van der Waals surface area contributed by atoms with Crippen LogP contribution in [0.15, 0.2) is 12.1 Å². The molecule has 0 saturated carbocycles. The van der Waals surface area contributed by atoms with Gasteiger partial charge in [0.1, 0.15) is 5.75 Å². The number of rotatable bonds is 6. The number of nitrogens with two attached hydrogens (primary N) is 1. The second-order valence-corrected chi connectivity index (χ2v) is 6.02. The van der Waals surface area contributed by atoms with E-state index in [2.05, 4.69) is 46.8 Å². The summed E-state index contributed by atoms with van der Waals surface area (Å²) in [5.74, 6) is 1.02. The van der Waals surface area contributed by atoms with Crippen LogP contribution in [0.4, 0.5) is 0 Å². The molecule has 0 aliphatic rings. The summed E-state index contributed by atoms with van der Waals surface area (Å²) in [7, 11) is 0. The van der Waals surface area contributed by atoms with Crippen molar-refractivity contribution in [2.45, 2.75) is 47.5 Å². The van der Waals surface area contributed by atoms with Crippen LogP contribution in [0.3, 0.4) is 0 Å². The molecule has 1 rings (SSSR count). The quantitative estimate of drug-likeness (QED) is 0.779. The van der Waals surface area contributed by atoms with Crippen LogP contribution in [-0.4, -0.2) is 13.2 Å². The molecule has 0 radical (unpaired) electrons. The largest absolute Gasteiger partial charge is 0.493 e. The number of aryl methyl sites for hydroxylation is 3. The molecule has 0 heterocycles. The van der Waals surface area contributed by atoms with Gasteiger partial charge in [-0.25, -0.2) is 0 Å². The summed E-state index contributed by atoms with van der Waals surface area (Å²) in [5.41, 5.74) is 9.77. The Bertz CT molecular complexity index is 396. The van der Waals surface area contributed by atoms with Crippen molar-refractivity contribution < 1.29 is 4.74 Å². The fraction of sp³-hybridized carbons (Fsp3) is 0.625. The minimum Gasteiger partial charge on any atom is -0.493 e. The van der Waals surface area contributed by atoms with Crippen LogP contribution < -0.4 is 10.5 Å². The van der Waals surface area contributed by atoms with Crippen molar-refractivity contribution in [1.29, 1.82) is 0 Å². The predicted octanol–water partition coefficient (Wildman–Crippen LogP) is 3.76. The molecule has 0 bridgehead atoms. The SMILES string of the molecule is Cc1cc(C)c(OCCCC(C)(C)CN)cc1C. The Morgan fingerprint density at radius 2 is 1.67 bits per heavy atom. The Balaban J connectivity index is 2.47. The van der Waals surface area contributed by atoms with Crippen molar-refractivity contribution in [2.24, 2.45) is 11.1 Å². The molecule has 1 aromatic carbocycles. The monoisotopic (exact) mass is 249 g/mol. The fourth-order valence-corrected chi connectivity index (χ4v) is 1.92. The lowest BCUT2D eigenvalue weighted by Crippen LogP contribution is -2.24. The standard InChI is InChI=1S/C16H27NO/c1-12-9-14(3)15(10-13(12)2)18-8-6-7-16(4,5)11-17/h9-10H,6-8,11,17H2,1-5H3. The molecular weight excluding hydrogens is 222 g/mol. The number of benzene rings is 1. The highest BCUT2D eigenvalue weighted by Crippen LogP contribution is 2.24. The molecule has 2 heteroatoms. The minimum atomic E-state index is 0.224. The van der Waals surface area contributed by atoms with Gasteiger partial charge in [-0.05, 0) is 68.3 Å². The number of hydrogen-bond acceptors (Lipinski definition) is 2. The van der Waals surface area contributed by atoms with E-state index in [-0.39, 0.29) is 5.41 Å². The van der Waals surface area contributed by atoms with Crippen LogP contribution in [0.1, 0.15) is 43.4 Å². The van der Waals surface area contributed by atoms with Gasteiger partial charge in [-0.3, -0.25) is 0 Å². The molecule has 0 fully saturated rings. The van der Waals surface area contributed by atoms with Gasteiger partial charge < -0.3 is 10.5 Å². The summed E-state index contributed by atoms with van der Waals surface area (Å²) in [5, 5.41) is 0. The van der Waals surface area contributed by atoms with E-state index in [4.69, 9.17) is 10.5 Å². The van der Waals surface area contributed by atoms with Crippen LogP contribution in [0.5, 0.6) is 5.75 Å². The van der Waals surface area contributed by atoms with Crippen molar-refractivity contribution in [3.8, 4) is 5.75 Å². The summed E-state index contributed by atoms with van der Waals surface area (Å²) in [6.07, 6.45) is 2.16. The topological polar surface area (TPSA) is 35.2 Å². The minimum absolute atomic E-state index is 0.224. The Hall–Kier alpha value is -1.02. The molecule has 2 N–H and O–H groups in total. The lowest BCUT2D eigenvalue weighted by atomic mass is 9.88. The van der Waals surface area contributed by atoms with Crippen LogP contribution in [0, 0.1) is 26.2 Å². The van der Waals surface area contributed by atoms with E-state index in [0.29, 0.717) is 0 Å². The second-order valence-electron chi connectivity index (χ2n) is 6.02. The van der Waals surface area contributed by atoms with E-state index in [1.165, 1.54) is 16.7 Å². The summed E-state index contributed by atoms with van der Waals surface area (Å²) in [4.78, 5) is 0. The first-order valence-electron chi connectivity index (χ1n) is 6.76. The normalized spacial score (nSPS) is 11.7. The first-order valence-corrected chi connectivity index (χ1v) is 6.76. The Morgan fingerprint density at radius 1 is 1.06 bits per heavy atom. The predicted molar refractivity (Wildman–Crippen MR) is 78.2 cm³/mol. The summed E-state index contributed by atoms with van der Waals surface area (Å²) in [6.45, 7) is 12.3. The molecule has 0 aliphatic heterocycles. The van der Waals surface area contributed by atoms with Crippen molar-refractivity contribution >= 4 is 0 Å². The van der Waals surface area contributed by atoms with E-state index in [1.807, 2.05) is 0 Å². The van der Waals surface area contributed by atoms with Crippen molar-refractivity contribution in [3.63, 3.8) is 0 Å². The van der Waals surface area contributed by atoms with E-state index < -0.39 is 0 Å².